The minimum Gasteiger partial charge on any atom is -0.478 e. The standard InChI is InChI=1S/2C25H18ClFN4O.C16H11ClN2O2.C9H9FN2/c2*26-20-10-18-7-15(1-2-23(18)30-14-20)8-21-11-17(4-5-28-21)25(32)31-13-19-9-16-3-6-29-24(16)12-22(19)27;17-13-7-12-5-10(1-2-15(12)19-9-13)6-14-8-11(16(20)21)3-4-18-14;10-8-4-9-6(1-2-12-9)3-7(8)5-11/h2*1-7,9-12,14,29H,8,13H2,(H,31,32);1-5,7-9H,6H2,(H,20,21);1-4,12H,5,11H2. The molecule has 15 aromatic rings. The Hall–Kier alpha value is -11.4. The summed E-state index contributed by atoms with van der Waals surface area (Å²) < 4.78 is 41.7. The van der Waals surface area contributed by atoms with Gasteiger partial charge in [-0.25, -0.2) is 18.0 Å². The third-order valence-corrected chi connectivity index (χ3v) is 16.4. The van der Waals surface area contributed by atoms with E-state index in [1.54, 1.807) is 98.1 Å². The second-order valence-electron chi connectivity index (χ2n) is 22.6. The third kappa shape index (κ3) is 16.6. The predicted octanol–water partition coefficient (Wildman–Crippen LogP) is 16.2. The summed E-state index contributed by atoms with van der Waals surface area (Å²) in [4.78, 5) is 71.0. The van der Waals surface area contributed by atoms with E-state index in [0.29, 0.717) is 67.8 Å². The molecule has 0 aliphatic rings. The largest absolute Gasteiger partial charge is 0.478 e. The highest BCUT2D eigenvalue weighted by Crippen LogP contribution is 2.26. The van der Waals surface area contributed by atoms with Crippen LogP contribution < -0.4 is 16.4 Å². The van der Waals surface area contributed by atoms with Gasteiger partial charge >= 0.3 is 5.97 Å². The van der Waals surface area contributed by atoms with Crippen molar-refractivity contribution in [3.63, 3.8) is 0 Å². The summed E-state index contributed by atoms with van der Waals surface area (Å²) in [5.74, 6) is -2.47. The summed E-state index contributed by atoms with van der Waals surface area (Å²) in [7, 11) is 0. The van der Waals surface area contributed by atoms with Gasteiger partial charge < -0.3 is 36.4 Å². The fourth-order valence-corrected chi connectivity index (χ4v) is 11.4. The highest BCUT2D eigenvalue weighted by molar-refractivity contribution is 6.31. The average molecular weight is 1350 g/mol. The van der Waals surface area contributed by atoms with Crippen molar-refractivity contribution in [1.29, 1.82) is 0 Å². The first-order valence-corrected chi connectivity index (χ1v) is 31.4. The molecule has 0 aliphatic carbocycles. The number of carboxylic acid groups (broad SMARTS) is 1. The number of pyridine rings is 6. The molecule has 0 unspecified atom stereocenters. The van der Waals surface area contributed by atoms with Gasteiger partial charge in [0.2, 0.25) is 0 Å². The Morgan fingerprint density at radius 2 is 0.742 bits per heavy atom. The molecule has 16 nitrogen and oxygen atoms in total. The Labute approximate surface area is 566 Å². The minimum atomic E-state index is -0.951. The van der Waals surface area contributed by atoms with Crippen molar-refractivity contribution >= 4 is 118 Å². The number of benzene rings is 6. The van der Waals surface area contributed by atoms with E-state index in [2.05, 4.69) is 55.5 Å². The van der Waals surface area contributed by atoms with Crippen LogP contribution in [-0.2, 0) is 38.9 Å². The molecule has 6 aromatic carbocycles. The number of aromatic carboxylic acids is 1. The molecule has 2 amide bonds. The van der Waals surface area contributed by atoms with Crippen LogP contribution in [0.3, 0.4) is 0 Å². The van der Waals surface area contributed by atoms with E-state index in [9.17, 15) is 27.6 Å². The average Bonchev–Trinajstić information content (AvgIpc) is 1.98. The smallest absolute Gasteiger partial charge is 0.335 e. The van der Waals surface area contributed by atoms with Crippen LogP contribution in [0.1, 0.15) is 81.5 Å². The summed E-state index contributed by atoms with van der Waals surface area (Å²) in [6.07, 6.45) is 16.5. The molecule has 0 spiro atoms. The number of carbonyl (C=O) groups excluding carboxylic acids is 2. The number of carboxylic acids is 1. The zero-order chi connectivity index (χ0) is 67.5. The van der Waals surface area contributed by atoms with Gasteiger partial charge in [-0.3, -0.25) is 39.5 Å². The molecule has 0 aliphatic heterocycles. The number of nitrogens with zero attached hydrogens (tertiary/aromatic N) is 6. The maximum atomic E-state index is 14.3. The van der Waals surface area contributed by atoms with Crippen molar-refractivity contribution in [3.8, 4) is 0 Å². The predicted molar refractivity (Wildman–Crippen MR) is 373 cm³/mol. The molecule has 0 saturated heterocycles. The van der Waals surface area contributed by atoms with Gasteiger partial charge in [0.05, 0.1) is 37.2 Å². The Balaban J connectivity index is 0.000000130. The zero-order valence-electron chi connectivity index (χ0n) is 51.2. The number of rotatable bonds is 14. The monoisotopic (exact) mass is 1350 g/mol. The number of hydrogen-bond acceptors (Lipinski definition) is 10. The SMILES string of the molecule is NCc1cc2cc[nH]c2cc1F.O=C(NCc1cc2cc[nH]c2cc1F)c1ccnc(Cc2ccc3ncc(Cl)cc3c2)c1.O=C(NCc1cc2cc[nH]c2cc1F)c1ccnc(Cc2ccc3ncc(Cl)cc3c2)c1.O=C(O)c1ccnc(Cc2ccc3ncc(Cl)cc3c2)c1. The van der Waals surface area contributed by atoms with E-state index in [1.807, 2.05) is 91.0 Å². The van der Waals surface area contributed by atoms with Crippen LogP contribution in [0.15, 0.2) is 220 Å². The van der Waals surface area contributed by atoms with E-state index >= 15 is 0 Å². The number of carbonyl (C=O) groups is 3. The maximum absolute atomic E-state index is 14.3. The lowest BCUT2D eigenvalue weighted by molar-refractivity contribution is 0.0696. The molecular weight excluding hydrogens is 1300 g/mol. The number of aromatic amines is 3. The summed E-state index contributed by atoms with van der Waals surface area (Å²) in [5.41, 5.74) is 18.2. The normalized spacial score (nSPS) is 11.0. The molecule has 0 bridgehead atoms. The molecule has 9 heterocycles. The van der Waals surface area contributed by atoms with Crippen LogP contribution in [0.5, 0.6) is 0 Å². The Bertz CT molecular complexity index is 5210. The highest BCUT2D eigenvalue weighted by atomic mass is 35.5. The van der Waals surface area contributed by atoms with Crippen molar-refractivity contribution in [2.45, 2.75) is 38.9 Å². The van der Waals surface area contributed by atoms with Crippen molar-refractivity contribution in [2.75, 3.05) is 0 Å². The van der Waals surface area contributed by atoms with Gasteiger partial charge in [-0.05, 0) is 178 Å². The fourth-order valence-electron chi connectivity index (χ4n) is 10.9. The van der Waals surface area contributed by atoms with Gasteiger partial charge in [0, 0.05) is 172 Å². The first-order valence-electron chi connectivity index (χ1n) is 30.3. The van der Waals surface area contributed by atoms with Crippen molar-refractivity contribution in [2.24, 2.45) is 5.73 Å². The van der Waals surface area contributed by atoms with E-state index in [-0.39, 0.29) is 54.5 Å². The Morgan fingerprint density at radius 1 is 0.402 bits per heavy atom. The van der Waals surface area contributed by atoms with Crippen LogP contribution in [0.4, 0.5) is 13.2 Å². The third-order valence-electron chi connectivity index (χ3n) is 15.8. The Kier molecular flexibility index (Phi) is 20.3. The van der Waals surface area contributed by atoms with Gasteiger partial charge in [0.15, 0.2) is 0 Å². The van der Waals surface area contributed by atoms with E-state index in [0.717, 1.165) is 93.5 Å². The summed E-state index contributed by atoms with van der Waals surface area (Å²) in [5, 5.41) is 22.0. The molecule has 0 saturated carbocycles. The van der Waals surface area contributed by atoms with Crippen molar-refractivity contribution < 1.29 is 32.7 Å². The summed E-state index contributed by atoms with van der Waals surface area (Å²) >= 11 is 18.0. The van der Waals surface area contributed by atoms with Crippen LogP contribution >= 0.6 is 34.8 Å². The van der Waals surface area contributed by atoms with Crippen LogP contribution in [0.2, 0.25) is 15.1 Å². The molecule has 0 atom stereocenters. The molecule has 8 N–H and O–H groups in total. The van der Waals surface area contributed by atoms with Gasteiger partial charge in [0.25, 0.3) is 11.8 Å². The quantitative estimate of drug-likeness (QED) is 0.0540. The molecule has 0 fully saturated rings. The van der Waals surface area contributed by atoms with Crippen LogP contribution in [-0.4, -0.2) is 67.7 Å². The van der Waals surface area contributed by atoms with Crippen LogP contribution in [0, 0.1) is 17.5 Å². The molecule has 97 heavy (non-hydrogen) atoms. The number of aromatic nitrogens is 9. The second-order valence-corrected chi connectivity index (χ2v) is 23.9. The van der Waals surface area contributed by atoms with Crippen LogP contribution in [0.25, 0.3) is 65.4 Å². The molecule has 482 valence electrons. The van der Waals surface area contributed by atoms with Crippen molar-refractivity contribution in [3.05, 3.63) is 319 Å². The maximum Gasteiger partial charge on any atom is 0.335 e. The summed E-state index contributed by atoms with van der Waals surface area (Å²) in [6, 6.07) is 48.4. The molecule has 9 aromatic heterocycles. The van der Waals surface area contributed by atoms with Gasteiger partial charge in [-0.15, -0.1) is 0 Å². The topological polar surface area (TPSA) is 246 Å². The number of H-pyrrole nitrogens is 3. The second kappa shape index (κ2) is 29.9. The number of nitrogens with one attached hydrogen (secondary N) is 5. The molecule has 0 radical (unpaired) electrons. The van der Waals surface area contributed by atoms with E-state index in [1.165, 1.54) is 30.5 Å². The Morgan fingerprint density at radius 3 is 1.10 bits per heavy atom. The summed E-state index contributed by atoms with van der Waals surface area (Å²) in [6.45, 7) is 0.441. The first-order chi connectivity index (χ1) is 47.0. The number of fused-ring (bicyclic) bond motifs is 6. The van der Waals surface area contributed by atoms with Gasteiger partial charge in [-0.1, -0.05) is 53.0 Å². The van der Waals surface area contributed by atoms with Crippen molar-refractivity contribution in [1.82, 2.24) is 55.5 Å². The lowest BCUT2D eigenvalue weighted by Crippen LogP contribution is -2.23. The molecule has 22 heteroatoms. The first kappa shape index (κ1) is 65.7. The number of halogens is 6. The lowest BCUT2D eigenvalue weighted by Gasteiger charge is -2.09. The van der Waals surface area contributed by atoms with Gasteiger partial charge in [-0.2, -0.15) is 0 Å². The van der Waals surface area contributed by atoms with E-state index in [4.69, 9.17) is 45.6 Å². The number of nitrogens with two attached hydrogens (primary N) is 1. The highest BCUT2D eigenvalue weighted by Gasteiger charge is 2.15. The van der Waals surface area contributed by atoms with Gasteiger partial charge in [0.1, 0.15) is 17.5 Å². The molecular formula is C75H56Cl3F3N12O4. The lowest BCUT2D eigenvalue weighted by atomic mass is 10.0. The minimum absolute atomic E-state index is 0.0991. The number of amides is 2. The zero-order valence-corrected chi connectivity index (χ0v) is 53.5. The molecule has 15 rings (SSSR count). The fraction of sp³-hybridized carbons (Fsp3) is 0.0800. The number of hydrogen-bond donors (Lipinski definition) is 7. The van der Waals surface area contributed by atoms with E-state index < -0.39 is 5.97 Å².